The Morgan fingerprint density at radius 2 is 2.00 bits per heavy atom. The molecule has 1 rings (SSSR count). The van der Waals surface area contributed by atoms with Crippen LogP contribution in [0.3, 0.4) is 0 Å². The molecule has 13 heavy (non-hydrogen) atoms. The lowest BCUT2D eigenvalue weighted by molar-refractivity contribution is -0.175. The Labute approximate surface area is 74.1 Å². The first-order valence-corrected chi connectivity index (χ1v) is 4.02. The van der Waals surface area contributed by atoms with Crippen LogP contribution in [0.1, 0.15) is 0 Å². The molecule has 0 aliphatic carbocycles. The van der Waals surface area contributed by atoms with Gasteiger partial charge in [-0.2, -0.15) is 13.2 Å². The van der Waals surface area contributed by atoms with Crippen molar-refractivity contribution in [2.24, 2.45) is 0 Å². The number of β-amino-alcohol motifs (C(OH)–C–C–N with tert-alkyl or cyclic N) is 1. The average molecular weight is 199 g/mol. The molecule has 1 aliphatic rings. The van der Waals surface area contributed by atoms with Gasteiger partial charge in [0.1, 0.15) is 6.61 Å². The molecule has 0 aromatic rings. The monoisotopic (exact) mass is 199 g/mol. The molecule has 1 heterocycles. The van der Waals surface area contributed by atoms with Gasteiger partial charge in [0.15, 0.2) is 0 Å². The summed E-state index contributed by atoms with van der Waals surface area (Å²) >= 11 is 0. The van der Waals surface area contributed by atoms with E-state index in [1.165, 1.54) is 0 Å². The van der Waals surface area contributed by atoms with Gasteiger partial charge in [-0.25, -0.2) is 0 Å². The smallest absolute Gasteiger partial charge is 0.390 e. The van der Waals surface area contributed by atoms with Gasteiger partial charge in [-0.15, -0.1) is 0 Å². The fraction of sp³-hybridized carbons (Fsp3) is 1.00. The van der Waals surface area contributed by atoms with Crippen molar-refractivity contribution in [2.45, 2.75) is 12.3 Å². The minimum Gasteiger partial charge on any atom is -0.390 e. The molecule has 0 amide bonds. The van der Waals surface area contributed by atoms with Crippen LogP contribution in [0.25, 0.3) is 0 Å². The van der Waals surface area contributed by atoms with E-state index in [1.54, 1.807) is 0 Å². The number of halogens is 3. The molecule has 0 saturated carbocycles. The summed E-state index contributed by atoms with van der Waals surface area (Å²) in [6, 6.07) is 0. The molecule has 0 aromatic heterocycles. The predicted molar refractivity (Wildman–Crippen MR) is 39.3 cm³/mol. The van der Waals surface area contributed by atoms with Crippen molar-refractivity contribution in [1.82, 2.24) is 4.90 Å². The molecule has 3 nitrogen and oxygen atoms in total. The molecule has 0 atom stereocenters. The summed E-state index contributed by atoms with van der Waals surface area (Å²) in [6.45, 7) is 0.396. The molecule has 78 valence electrons. The zero-order valence-corrected chi connectivity index (χ0v) is 7.05. The standard InChI is InChI=1S/C7H12F3NO2/c8-7(9,10)5-13-2-1-11-3-6(12)4-11/h6,12H,1-5H2. The third-order valence-corrected chi connectivity index (χ3v) is 1.76. The highest BCUT2D eigenvalue weighted by Crippen LogP contribution is 2.14. The van der Waals surface area contributed by atoms with E-state index in [4.69, 9.17) is 5.11 Å². The van der Waals surface area contributed by atoms with Crippen LogP contribution in [0.4, 0.5) is 13.2 Å². The highest BCUT2D eigenvalue weighted by Gasteiger charge is 2.28. The maximum atomic E-state index is 11.6. The Morgan fingerprint density at radius 3 is 2.46 bits per heavy atom. The summed E-state index contributed by atoms with van der Waals surface area (Å²) in [5, 5.41) is 8.84. The minimum absolute atomic E-state index is 0.0617. The summed E-state index contributed by atoms with van der Waals surface area (Å²) in [5.41, 5.74) is 0. The molecule has 1 aliphatic heterocycles. The second-order valence-corrected chi connectivity index (χ2v) is 3.08. The summed E-state index contributed by atoms with van der Waals surface area (Å²) in [6.07, 6.45) is -4.56. The van der Waals surface area contributed by atoms with E-state index >= 15 is 0 Å². The van der Waals surface area contributed by atoms with E-state index < -0.39 is 12.8 Å². The zero-order valence-electron chi connectivity index (χ0n) is 7.05. The second-order valence-electron chi connectivity index (χ2n) is 3.08. The van der Waals surface area contributed by atoms with Gasteiger partial charge in [-0.1, -0.05) is 0 Å². The van der Waals surface area contributed by atoms with Crippen molar-refractivity contribution in [3.63, 3.8) is 0 Å². The lowest BCUT2D eigenvalue weighted by Gasteiger charge is -2.35. The Hall–Kier alpha value is -0.330. The van der Waals surface area contributed by atoms with Crippen molar-refractivity contribution in [2.75, 3.05) is 32.8 Å². The van der Waals surface area contributed by atoms with E-state index in [0.717, 1.165) is 0 Å². The van der Waals surface area contributed by atoms with Crippen LogP contribution in [-0.2, 0) is 4.74 Å². The van der Waals surface area contributed by atoms with Crippen LogP contribution in [-0.4, -0.2) is 55.1 Å². The van der Waals surface area contributed by atoms with E-state index in [1.807, 2.05) is 4.90 Å². The summed E-state index contributed by atoms with van der Waals surface area (Å²) in [4.78, 5) is 1.83. The van der Waals surface area contributed by atoms with Crippen LogP contribution < -0.4 is 0 Å². The third-order valence-electron chi connectivity index (χ3n) is 1.76. The fourth-order valence-electron chi connectivity index (χ4n) is 1.11. The van der Waals surface area contributed by atoms with E-state index in [2.05, 4.69) is 4.74 Å². The molecular formula is C7H12F3NO2. The Morgan fingerprint density at radius 1 is 1.38 bits per heavy atom. The summed E-state index contributed by atoms with van der Waals surface area (Å²) in [7, 11) is 0. The predicted octanol–water partition coefficient (Wildman–Crippen LogP) is 0.242. The zero-order chi connectivity index (χ0) is 9.90. The van der Waals surface area contributed by atoms with Crippen molar-refractivity contribution >= 4 is 0 Å². The van der Waals surface area contributed by atoms with Crippen LogP contribution >= 0.6 is 0 Å². The van der Waals surface area contributed by atoms with Gasteiger partial charge >= 0.3 is 6.18 Å². The maximum Gasteiger partial charge on any atom is 0.411 e. The highest BCUT2D eigenvalue weighted by atomic mass is 19.4. The molecule has 0 bridgehead atoms. The van der Waals surface area contributed by atoms with Crippen molar-refractivity contribution < 1.29 is 23.0 Å². The molecule has 0 radical (unpaired) electrons. The molecule has 6 heteroatoms. The quantitative estimate of drug-likeness (QED) is 0.658. The lowest BCUT2D eigenvalue weighted by Crippen LogP contribution is -2.51. The van der Waals surface area contributed by atoms with Crippen LogP contribution in [0, 0.1) is 0 Å². The third kappa shape index (κ3) is 4.44. The Balaban J connectivity index is 1.90. The summed E-state index contributed by atoms with van der Waals surface area (Å²) in [5.74, 6) is 0. The molecule has 1 saturated heterocycles. The van der Waals surface area contributed by atoms with Gasteiger partial charge in [-0.3, -0.25) is 4.90 Å². The number of hydrogen-bond donors (Lipinski definition) is 1. The molecule has 0 unspecified atom stereocenters. The van der Waals surface area contributed by atoms with Crippen LogP contribution in [0.2, 0.25) is 0 Å². The first-order valence-electron chi connectivity index (χ1n) is 4.02. The van der Waals surface area contributed by atoms with E-state index in [0.29, 0.717) is 19.6 Å². The number of rotatable bonds is 4. The SMILES string of the molecule is OC1CN(CCOCC(F)(F)F)C1. The van der Waals surface area contributed by atoms with Crippen LogP contribution in [0.15, 0.2) is 0 Å². The number of aliphatic hydroxyl groups is 1. The Kier molecular flexibility index (Phi) is 3.52. The van der Waals surface area contributed by atoms with Crippen molar-refractivity contribution in [3.8, 4) is 0 Å². The van der Waals surface area contributed by atoms with E-state index in [-0.39, 0.29) is 12.7 Å². The molecule has 0 spiro atoms. The van der Waals surface area contributed by atoms with Gasteiger partial charge in [0.25, 0.3) is 0 Å². The number of likely N-dealkylation sites (tertiary alicyclic amines) is 1. The van der Waals surface area contributed by atoms with Gasteiger partial charge in [0.2, 0.25) is 0 Å². The van der Waals surface area contributed by atoms with Gasteiger partial charge in [0.05, 0.1) is 12.7 Å². The summed E-state index contributed by atoms with van der Waals surface area (Å²) < 4.78 is 39.1. The number of nitrogens with zero attached hydrogens (tertiary/aromatic N) is 1. The van der Waals surface area contributed by atoms with Gasteiger partial charge in [-0.05, 0) is 0 Å². The van der Waals surface area contributed by atoms with Crippen LogP contribution in [0.5, 0.6) is 0 Å². The highest BCUT2D eigenvalue weighted by molar-refractivity contribution is 4.77. The van der Waals surface area contributed by atoms with Gasteiger partial charge in [0, 0.05) is 19.6 Å². The van der Waals surface area contributed by atoms with Crippen molar-refractivity contribution in [1.29, 1.82) is 0 Å². The fourth-order valence-corrected chi connectivity index (χ4v) is 1.11. The number of aliphatic hydroxyl groups excluding tert-OH is 1. The lowest BCUT2D eigenvalue weighted by atomic mass is 10.2. The van der Waals surface area contributed by atoms with E-state index in [9.17, 15) is 13.2 Å². The second kappa shape index (κ2) is 4.26. The van der Waals surface area contributed by atoms with Crippen molar-refractivity contribution in [3.05, 3.63) is 0 Å². The molecule has 0 aromatic carbocycles. The molecule has 1 N–H and O–H groups in total. The largest absolute Gasteiger partial charge is 0.411 e. The maximum absolute atomic E-state index is 11.6. The van der Waals surface area contributed by atoms with Gasteiger partial charge < -0.3 is 9.84 Å². The first-order chi connectivity index (χ1) is 5.97. The number of hydrogen-bond acceptors (Lipinski definition) is 3. The molecular weight excluding hydrogens is 187 g/mol. The first kappa shape index (κ1) is 10.7. The minimum atomic E-state index is -4.24. The number of alkyl halides is 3. The molecule has 1 fully saturated rings. The Bertz CT molecular complexity index is 156. The normalized spacial score (nSPS) is 20.3. The topological polar surface area (TPSA) is 32.7 Å². The number of ether oxygens (including phenoxy) is 1. The average Bonchev–Trinajstić information content (AvgIpc) is 1.91.